The van der Waals surface area contributed by atoms with Crippen LogP contribution in [0.2, 0.25) is 0 Å². The van der Waals surface area contributed by atoms with Crippen molar-refractivity contribution in [1.29, 1.82) is 0 Å². The highest BCUT2D eigenvalue weighted by Crippen LogP contribution is 2.36. The number of aryl methyl sites for hydroxylation is 2. The molecule has 21 heavy (non-hydrogen) atoms. The number of benzene rings is 1. The lowest BCUT2D eigenvalue weighted by atomic mass is 9.98. The summed E-state index contributed by atoms with van der Waals surface area (Å²) in [6.07, 6.45) is 3.68. The second kappa shape index (κ2) is 6.95. The Morgan fingerprint density at radius 2 is 2.14 bits per heavy atom. The summed E-state index contributed by atoms with van der Waals surface area (Å²) >= 11 is 3.80. The van der Waals surface area contributed by atoms with E-state index in [1.807, 2.05) is 23.1 Å². The lowest BCUT2D eigenvalue weighted by Crippen LogP contribution is -2.23. The van der Waals surface area contributed by atoms with Gasteiger partial charge in [0, 0.05) is 15.8 Å². The molecule has 1 heterocycles. The smallest absolute Gasteiger partial charge is 0.103 e. The maximum atomic E-state index is 4.87. The van der Waals surface area contributed by atoms with E-state index >= 15 is 0 Å². The fourth-order valence-electron chi connectivity index (χ4n) is 2.75. The minimum Gasteiger partial charge on any atom is -0.309 e. The molecule has 1 aromatic heterocycles. The Hall–Kier alpha value is -0.840. The van der Waals surface area contributed by atoms with E-state index in [2.05, 4.69) is 43.4 Å². The second-order valence-corrected chi connectivity index (χ2v) is 7.69. The van der Waals surface area contributed by atoms with E-state index in [-0.39, 0.29) is 0 Å². The molecule has 0 spiro atoms. The average Bonchev–Trinajstić information content (AvgIpc) is 2.91. The summed E-state index contributed by atoms with van der Waals surface area (Å²) in [5, 5.41) is 4.87. The van der Waals surface area contributed by atoms with Gasteiger partial charge in [-0.3, -0.25) is 0 Å². The van der Waals surface area contributed by atoms with Crippen LogP contribution in [-0.4, -0.2) is 11.5 Å². The van der Waals surface area contributed by atoms with Crippen LogP contribution in [0.25, 0.3) is 0 Å². The molecule has 112 valence electrons. The molecule has 1 aliphatic rings. The van der Waals surface area contributed by atoms with Crippen molar-refractivity contribution < 1.29 is 0 Å². The number of thiazole rings is 1. The first-order valence-corrected chi connectivity index (χ1v) is 9.48. The molecule has 3 rings (SSSR count). The van der Waals surface area contributed by atoms with E-state index < -0.39 is 0 Å². The third kappa shape index (κ3) is 3.68. The molecule has 0 aliphatic heterocycles. The van der Waals surface area contributed by atoms with E-state index in [1.165, 1.54) is 38.9 Å². The molecule has 2 nitrogen and oxygen atoms in total. The molecule has 0 amide bonds. The van der Waals surface area contributed by atoms with Crippen LogP contribution in [0.5, 0.6) is 0 Å². The molecule has 1 unspecified atom stereocenters. The van der Waals surface area contributed by atoms with Gasteiger partial charge < -0.3 is 5.32 Å². The number of fused-ring (bicyclic) bond motifs is 1. The molecular formula is C17H22N2S2. The van der Waals surface area contributed by atoms with Gasteiger partial charge in [0.25, 0.3) is 0 Å². The van der Waals surface area contributed by atoms with Crippen LogP contribution in [0.4, 0.5) is 0 Å². The van der Waals surface area contributed by atoms with Gasteiger partial charge in [-0.25, -0.2) is 4.98 Å². The van der Waals surface area contributed by atoms with Gasteiger partial charge in [-0.05, 0) is 44.9 Å². The van der Waals surface area contributed by atoms with Crippen LogP contribution in [-0.2, 0) is 12.2 Å². The zero-order valence-corrected chi connectivity index (χ0v) is 14.3. The van der Waals surface area contributed by atoms with E-state index in [0.29, 0.717) is 6.04 Å². The summed E-state index contributed by atoms with van der Waals surface area (Å²) in [6, 6.07) is 9.30. The van der Waals surface area contributed by atoms with Crippen LogP contribution in [0.1, 0.15) is 46.9 Å². The minimum atomic E-state index is 0.536. The quantitative estimate of drug-likeness (QED) is 0.807. The lowest BCUT2D eigenvalue weighted by Gasteiger charge is -2.21. The van der Waals surface area contributed by atoms with Gasteiger partial charge in [-0.15, -0.1) is 23.1 Å². The number of nitrogens with zero attached hydrogens (tertiary/aromatic N) is 1. The Balaban J connectivity index is 1.68. The maximum absolute atomic E-state index is 4.87. The van der Waals surface area contributed by atoms with E-state index in [0.717, 1.165) is 18.7 Å². The first-order valence-electron chi connectivity index (χ1n) is 7.67. The molecule has 2 aromatic rings. The van der Waals surface area contributed by atoms with Gasteiger partial charge in [-0.2, -0.15) is 0 Å². The highest BCUT2D eigenvalue weighted by molar-refractivity contribution is 7.98. The standard InChI is InChI=1S/C17H22N2S2/c1-3-18-14-5-4-6-15-17(14)21-16(19-15)11-20-13-9-7-12(2)8-10-13/h7-10,14,18H,3-6,11H2,1-2H3. The molecule has 1 aliphatic carbocycles. The third-order valence-electron chi connectivity index (χ3n) is 3.83. The summed E-state index contributed by atoms with van der Waals surface area (Å²) in [6.45, 7) is 5.35. The van der Waals surface area contributed by atoms with Crippen molar-refractivity contribution in [2.45, 2.75) is 49.8 Å². The lowest BCUT2D eigenvalue weighted by molar-refractivity contribution is 0.476. The van der Waals surface area contributed by atoms with Crippen molar-refractivity contribution in [3.05, 3.63) is 45.4 Å². The Morgan fingerprint density at radius 3 is 2.90 bits per heavy atom. The highest BCUT2D eigenvalue weighted by atomic mass is 32.2. The minimum absolute atomic E-state index is 0.536. The molecule has 1 N–H and O–H groups in total. The van der Waals surface area contributed by atoms with Gasteiger partial charge in [-0.1, -0.05) is 24.6 Å². The number of hydrogen-bond donors (Lipinski definition) is 1. The van der Waals surface area contributed by atoms with E-state index in [4.69, 9.17) is 4.98 Å². The Kier molecular flexibility index (Phi) is 4.99. The molecule has 0 bridgehead atoms. The predicted octanol–water partition coefficient (Wildman–Crippen LogP) is 4.73. The van der Waals surface area contributed by atoms with Gasteiger partial charge in [0.1, 0.15) is 5.01 Å². The monoisotopic (exact) mass is 318 g/mol. The topological polar surface area (TPSA) is 24.9 Å². The van der Waals surface area contributed by atoms with Crippen molar-refractivity contribution in [3.63, 3.8) is 0 Å². The molecule has 0 radical (unpaired) electrons. The van der Waals surface area contributed by atoms with Gasteiger partial charge in [0.05, 0.1) is 11.4 Å². The number of nitrogens with one attached hydrogen (secondary N) is 1. The fraction of sp³-hybridized carbons (Fsp3) is 0.471. The van der Waals surface area contributed by atoms with E-state index in [9.17, 15) is 0 Å². The van der Waals surface area contributed by atoms with Crippen molar-refractivity contribution in [1.82, 2.24) is 10.3 Å². The Bertz CT molecular complexity index is 589. The van der Waals surface area contributed by atoms with Gasteiger partial charge in [0.15, 0.2) is 0 Å². The van der Waals surface area contributed by atoms with Crippen LogP contribution in [0, 0.1) is 6.92 Å². The van der Waals surface area contributed by atoms with Crippen LogP contribution < -0.4 is 5.32 Å². The normalized spacial score (nSPS) is 17.7. The largest absolute Gasteiger partial charge is 0.309 e. The molecule has 0 saturated carbocycles. The molecule has 1 atom stereocenters. The Morgan fingerprint density at radius 1 is 1.33 bits per heavy atom. The third-order valence-corrected chi connectivity index (χ3v) is 6.25. The molecule has 4 heteroatoms. The van der Waals surface area contributed by atoms with E-state index in [1.54, 1.807) is 0 Å². The first kappa shape index (κ1) is 15.1. The summed E-state index contributed by atoms with van der Waals surface area (Å²) < 4.78 is 0. The van der Waals surface area contributed by atoms with Crippen molar-refractivity contribution in [3.8, 4) is 0 Å². The van der Waals surface area contributed by atoms with Crippen LogP contribution in [0.3, 0.4) is 0 Å². The average molecular weight is 319 g/mol. The summed E-state index contributed by atoms with van der Waals surface area (Å²) in [5.74, 6) is 0.986. The zero-order valence-electron chi connectivity index (χ0n) is 12.7. The van der Waals surface area contributed by atoms with Crippen LogP contribution >= 0.6 is 23.1 Å². The van der Waals surface area contributed by atoms with Crippen molar-refractivity contribution in [2.75, 3.05) is 6.54 Å². The van der Waals surface area contributed by atoms with Crippen LogP contribution in [0.15, 0.2) is 29.2 Å². The summed E-state index contributed by atoms with van der Waals surface area (Å²) in [5.41, 5.74) is 2.66. The fourth-order valence-corrected chi connectivity index (χ4v) is 4.87. The Labute approximate surface area is 135 Å². The molecular weight excluding hydrogens is 296 g/mol. The summed E-state index contributed by atoms with van der Waals surface area (Å²) in [4.78, 5) is 7.69. The predicted molar refractivity (Wildman–Crippen MR) is 92.2 cm³/mol. The van der Waals surface area contributed by atoms with Gasteiger partial charge in [0.2, 0.25) is 0 Å². The van der Waals surface area contributed by atoms with Crippen molar-refractivity contribution in [2.24, 2.45) is 0 Å². The molecule has 0 saturated heterocycles. The summed E-state index contributed by atoms with van der Waals surface area (Å²) in [7, 11) is 0. The van der Waals surface area contributed by atoms with Crippen molar-refractivity contribution >= 4 is 23.1 Å². The molecule has 1 aromatic carbocycles. The SMILES string of the molecule is CCNC1CCCc2nc(CSc3ccc(C)cc3)sc21. The number of thioether (sulfide) groups is 1. The molecule has 0 fully saturated rings. The second-order valence-electron chi connectivity index (χ2n) is 5.52. The maximum Gasteiger partial charge on any atom is 0.103 e. The first-order chi connectivity index (χ1) is 10.3. The number of hydrogen-bond acceptors (Lipinski definition) is 4. The number of aromatic nitrogens is 1. The van der Waals surface area contributed by atoms with Gasteiger partial charge >= 0.3 is 0 Å². The highest BCUT2D eigenvalue weighted by Gasteiger charge is 2.23. The zero-order chi connectivity index (χ0) is 14.7. The number of rotatable bonds is 5.